The van der Waals surface area contributed by atoms with Crippen LogP contribution in [-0.2, 0) is 11.3 Å². The Hall–Kier alpha value is -5.46. The SMILES string of the molecule is Nc1nonc1-c1nc2ccccc2n1CC(=O)NN=Cc1ccc(-c2ccc(O)c(C(=O)O)c2)o1. The number of fused-ring (bicyclic) bond motifs is 1. The molecular weight excluding hydrogens is 470 g/mol. The molecular formula is C23H17N7O6. The Balaban J connectivity index is 1.31. The van der Waals surface area contributed by atoms with Gasteiger partial charge in [0.1, 0.15) is 29.4 Å². The van der Waals surface area contributed by atoms with E-state index in [2.05, 4.69) is 30.5 Å². The number of aromatic hydroxyl groups is 1. The molecule has 0 saturated heterocycles. The second kappa shape index (κ2) is 9.06. The molecule has 5 N–H and O–H groups in total. The van der Waals surface area contributed by atoms with Gasteiger partial charge in [-0.1, -0.05) is 12.1 Å². The first-order valence-corrected chi connectivity index (χ1v) is 10.4. The lowest BCUT2D eigenvalue weighted by Gasteiger charge is -2.06. The number of aromatic nitrogens is 4. The first kappa shape index (κ1) is 22.3. The van der Waals surface area contributed by atoms with Gasteiger partial charge in [-0.3, -0.25) is 4.79 Å². The Morgan fingerprint density at radius 3 is 2.75 bits per heavy atom. The second-order valence-electron chi connectivity index (χ2n) is 7.54. The highest BCUT2D eigenvalue weighted by atomic mass is 16.6. The van der Waals surface area contributed by atoms with Gasteiger partial charge in [0.2, 0.25) is 0 Å². The van der Waals surface area contributed by atoms with Crippen molar-refractivity contribution in [3.63, 3.8) is 0 Å². The number of carboxylic acid groups (broad SMARTS) is 1. The Labute approximate surface area is 201 Å². The fraction of sp³-hybridized carbons (Fsp3) is 0.0435. The highest BCUT2D eigenvalue weighted by Crippen LogP contribution is 2.28. The van der Waals surface area contributed by atoms with Crippen molar-refractivity contribution in [3.05, 3.63) is 65.9 Å². The zero-order valence-corrected chi connectivity index (χ0v) is 18.3. The van der Waals surface area contributed by atoms with Crippen molar-refractivity contribution in [2.24, 2.45) is 5.10 Å². The van der Waals surface area contributed by atoms with E-state index in [-0.39, 0.29) is 29.4 Å². The molecule has 0 aliphatic carbocycles. The van der Waals surface area contributed by atoms with Crippen molar-refractivity contribution in [1.29, 1.82) is 0 Å². The number of rotatable bonds is 7. The summed E-state index contributed by atoms with van der Waals surface area (Å²) in [6.45, 7) is -0.144. The third-order valence-corrected chi connectivity index (χ3v) is 5.20. The molecule has 0 unspecified atom stereocenters. The Morgan fingerprint density at radius 2 is 1.97 bits per heavy atom. The smallest absolute Gasteiger partial charge is 0.339 e. The van der Waals surface area contributed by atoms with E-state index >= 15 is 0 Å². The van der Waals surface area contributed by atoms with E-state index in [9.17, 15) is 14.7 Å². The minimum atomic E-state index is -1.26. The zero-order valence-electron chi connectivity index (χ0n) is 18.3. The topological polar surface area (TPSA) is 195 Å². The van der Waals surface area contributed by atoms with E-state index in [1.807, 2.05) is 12.1 Å². The third kappa shape index (κ3) is 4.23. The van der Waals surface area contributed by atoms with Gasteiger partial charge in [0.15, 0.2) is 17.3 Å². The first-order valence-electron chi connectivity index (χ1n) is 10.4. The van der Waals surface area contributed by atoms with E-state index in [0.29, 0.717) is 33.9 Å². The molecule has 0 aliphatic heterocycles. The number of hydrogen-bond acceptors (Lipinski definition) is 10. The summed E-state index contributed by atoms with van der Waals surface area (Å²) < 4.78 is 11.9. The quantitative estimate of drug-likeness (QED) is 0.196. The van der Waals surface area contributed by atoms with Crippen molar-refractivity contribution >= 4 is 34.9 Å². The number of nitrogen functional groups attached to an aromatic ring is 1. The average Bonchev–Trinajstić information content (AvgIpc) is 3.58. The van der Waals surface area contributed by atoms with Crippen molar-refractivity contribution in [1.82, 2.24) is 25.3 Å². The third-order valence-electron chi connectivity index (χ3n) is 5.20. The van der Waals surface area contributed by atoms with Crippen LogP contribution in [0.2, 0.25) is 0 Å². The van der Waals surface area contributed by atoms with Gasteiger partial charge in [0, 0.05) is 5.56 Å². The summed E-state index contributed by atoms with van der Waals surface area (Å²) in [5, 5.41) is 30.1. The number of nitrogens with one attached hydrogen (secondary N) is 1. The number of aromatic carboxylic acids is 1. The lowest BCUT2D eigenvalue weighted by molar-refractivity contribution is -0.121. The fourth-order valence-corrected chi connectivity index (χ4v) is 3.55. The standard InChI is InChI=1S/C23H17N7O6/c24-21-20(28-36-29-21)22-26-15-3-1-2-4-16(15)30(22)11-19(32)27-25-10-13-6-8-18(35-13)12-5-7-17(31)14(9-12)23(33)34/h1-10,31H,11H2,(H2,24,29)(H,27,32)(H,33,34). The number of carbonyl (C=O) groups is 2. The molecule has 13 nitrogen and oxygen atoms in total. The summed E-state index contributed by atoms with van der Waals surface area (Å²) in [4.78, 5) is 28.4. The van der Waals surface area contributed by atoms with Crippen molar-refractivity contribution in [2.45, 2.75) is 6.54 Å². The second-order valence-corrected chi connectivity index (χ2v) is 7.54. The summed E-state index contributed by atoms with van der Waals surface area (Å²) in [5.74, 6) is -1.03. The highest BCUT2D eigenvalue weighted by Gasteiger charge is 2.20. The minimum Gasteiger partial charge on any atom is -0.507 e. The molecule has 5 rings (SSSR count). The molecule has 0 spiro atoms. The molecule has 0 bridgehead atoms. The van der Waals surface area contributed by atoms with Gasteiger partial charge < -0.3 is 24.9 Å². The van der Waals surface area contributed by atoms with E-state index in [4.69, 9.17) is 15.3 Å². The lowest BCUT2D eigenvalue weighted by atomic mass is 10.1. The van der Waals surface area contributed by atoms with Gasteiger partial charge in [-0.25, -0.2) is 19.8 Å². The molecule has 0 aliphatic rings. The summed E-state index contributed by atoms with van der Waals surface area (Å²) in [7, 11) is 0. The molecule has 0 radical (unpaired) electrons. The van der Waals surface area contributed by atoms with Crippen LogP contribution >= 0.6 is 0 Å². The minimum absolute atomic E-state index is 0.0442. The molecule has 180 valence electrons. The summed E-state index contributed by atoms with van der Waals surface area (Å²) in [5.41, 5.74) is 9.97. The van der Waals surface area contributed by atoms with Crippen molar-refractivity contribution < 1.29 is 28.8 Å². The predicted molar refractivity (Wildman–Crippen MR) is 126 cm³/mol. The van der Waals surface area contributed by atoms with Crippen molar-refractivity contribution in [2.75, 3.05) is 5.73 Å². The first-order chi connectivity index (χ1) is 17.4. The summed E-state index contributed by atoms with van der Waals surface area (Å²) >= 11 is 0. The molecule has 0 atom stereocenters. The van der Waals surface area contributed by atoms with E-state index in [1.165, 1.54) is 24.4 Å². The maximum Gasteiger partial charge on any atom is 0.339 e. The number of furan rings is 1. The largest absolute Gasteiger partial charge is 0.507 e. The number of nitrogens with two attached hydrogens (primary N) is 1. The van der Waals surface area contributed by atoms with Gasteiger partial charge in [-0.05, 0) is 52.8 Å². The lowest BCUT2D eigenvalue weighted by Crippen LogP contribution is -2.23. The summed E-state index contributed by atoms with van der Waals surface area (Å²) in [6.07, 6.45) is 1.30. The number of phenols is 1. The normalized spacial score (nSPS) is 11.3. The molecule has 3 heterocycles. The molecule has 5 aromatic rings. The van der Waals surface area contributed by atoms with Gasteiger partial charge in [0.05, 0.1) is 17.2 Å². The predicted octanol–water partition coefficient (Wildman–Crippen LogP) is 2.48. The summed E-state index contributed by atoms with van der Waals surface area (Å²) in [6, 6.07) is 14.5. The van der Waals surface area contributed by atoms with Gasteiger partial charge >= 0.3 is 5.97 Å². The molecule has 13 heteroatoms. The number of benzene rings is 2. The van der Waals surface area contributed by atoms with Gasteiger partial charge in [-0.15, -0.1) is 0 Å². The number of para-hydroxylation sites is 2. The number of carbonyl (C=O) groups excluding carboxylic acids is 1. The highest BCUT2D eigenvalue weighted by molar-refractivity contribution is 5.92. The monoisotopic (exact) mass is 487 g/mol. The average molecular weight is 487 g/mol. The van der Waals surface area contributed by atoms with Crippen LogP contribution in [0.5, 0.6) is 5.75 Å². The van der Waals surface area contributed by atoms with Crippen molar-refractivity contribution in [3.8, 4) is 28.6 Å². The molecule has 3 aromatic heterocycles. The Morgan fingerprint density at radius 1 is 1.14 bits per heavy atom. The fourth-order valence-electron chi connectivity index (χ4n) is 3.55. The van der Waals surface area contributed by atoms with Crippen LogP contribution < -0.4 is 11.2 Å². The molecule has 0 fully saturated rings. The van der Waals surface area contributed by atoms with E-state index in [1.54, 1.807) is 28.8 Å². The van der Waals surface area contributed by atoms with Gasteiger partial charge in [0.25, 0.3) is 5.91 Å². The molecule has 2 aromatic carbocycles. The molecule has 0 saturated carbocycles. The molecule has 36 heavy (non-hydrogen) atoms. The number of imidazole rings is 1. The van der Waals surface area contributed by atoms with Crippen LogP contribution in [-0.4, -0.2) is 48.2 Å². The van der Waals surface area contributed by atoms with E-state index < -0.39 is 11.9 Å². The number of hydrazone groups is 1. The van der Waals surface area contributed by atoms with E-state index in [0.717, 1.165) is 0 Å². The van der Waals surface area contributed by atoms with Crippen LogP contribution in [0.4, 0.5) is 5.82 Å². The Kier molecular flexibility index (Phi) is 5.62. The van der Waals surface area contributed by atoms with Crippen LogP contribution in [0.25, 0.3) is 33.9 Å². The number of anilines is 1. The van der Waals surface area contributed by atoms with Crippen LogP contribution in [0.3, 0.4) is 0 Å². The number of hydrogen-bond donors (Lipinski definition) is 4. The maximum absolute atomic E-state index is 12.6. The van der Waals surface area contributed by atoms with Crippen LogP contribution in [0.1, 0.15) is 16.1 Å². The molecule has 1 amide bonds. The number of carboxylic acids is 1. The van der Waals surface area contributed by atoms with Crippen LogP contribution in [0, 0.1) is 0 Å². The number of nitrogens with zero attached hydrogens (tertiary/aromatic N) is 5. The zero-order chi connectivity index (χ0) is 25.2. The van der Waals surface area contributed by atoms with Crippen LogP contribution in [0.15, 0.2) is 68.7 Å². The Bertz CT molecular complexity index is 1630. The maximum atomic E-state index is 12.6. The van der Waals surface area contributed by atoms with Gasteiger partial charge in [-0.2, -0.15) is 5.10 Å². The number of amides is 1.